The quantitative estimate of drug-likeness (QED) is 0.145. The number of hydrogen-bond donors (Lipinski definition) is 1. The molecule has 1 aliphatic rings. The van der Waals surface area contributed by atoms with Crippen molar-refractivity contribution < 1.29 is 55.0 Å². The molecule has 0 aromatic heterocycles. The Morgan fingerprint density at radius 2 is 1.42 bits per heavy atom. The Bertz CT molecular complexity index is 1960. The number of benzene rings is 3. The Labute approximate surface area is 315 Å². The second-order valence-corrected chi connectivity index (χ2v) is 16.1. The van der Waals surface area contributed by atoms with Gasteiger partial charge in [-0.3, -0.25) is 9.59 Å². The second-order valence-electron chi connectivity index (χ2n) is 14.3. The molecule has 0 aliphatic heterocycles. The van der Waals surface area contributed by atoms with Gasteiger partial charge in [0.25, 0.3) is 0 Å². The van der Waals surface area contributed by atoms with E-state index >= 15 is 8.78 Å². The molecule has 3 aromatic carbocycles. The van der Waals surface area contributed by atoms with E-state index in [0.717, 1.165) is 25.1 Å². The number of hydrogen-bond acceptors (Lipinski definition) is 6. The predicted molar refractivity (Wildman–Crippen MR) is 186 cm³/mol. The van der Waals surface area contributed by atoms with Gasteiger partial charge in [-0.1, -0.05) is 17.7 Å². The summed E-state index contributed by atoms with van der Waals surface area (Å²) in [6.07, 6.45) is -8.48. The molecule has 17 heteroatoms. The highest BCUT2D eigenvalue weighted by atomic mass is 35.5. The van der Waals surface area contributed by atoms with E-state index in [9.17, 15) is 36.7 Å². The number of ketones is 1. The summed E-state index contributed by atoms with van der Waals surface area (Å²) >= 11 is 18.8. The van der Waals surface area contributed by atoms with Crippen LogP contribution in [0.3, 0.4) is 0 Å². The maximum atomic E-state index is 15.6. The van der Waals surface area contributed by atoms with Gasteiger partial charge in [0.15, 0.2) is 11.6 Å². The zero-order valence-corrected chi connectivity index (χ0v) is 31.5. The number of carbonyl (C=O) groups excluding carboxylic acids is 4. The minimum Gasteiger partial charge on any atom is -0.443 e. The molecule has 0 bridgehead atoms. The maximum Gasteiger partial charge on any atom is 0.424 e. The normalized spacial score (nSPS) is 16.8. The molecule has 0 saturated heterocycles. The van der Waals surface area contributed by atoms with Crippen molar-refractivity contribution in [3.05, 3.63) is 92.8 Å². The summed E-state index contributed by atoms with van der Waals surface area (Å²) in [6.45, 7) is 10.0. The molecule has 1 N–H and O–H groups in total. The van der Waals surface area contributed by atoms with Gasteiger partial charge in [0, 0.05) is 29.2 Å². The summed E-state index contributed by atoms with van der Waals surface area (Å²) in [5.41, 5.74) is -6.11. The number of carbonyl (C=O) groups is 4. The number of imide groups is 1. The summed E-state index contributed by atoms with van der Waals surface area (Å²) in [6, 6.07) is 6.58. The fourth-order valence-electron chi connectivity index (χ4n) is 5.32. The Morgan fingerprint density at radius 3 is 1.94 bits per heavy atom. The minimum atomic E-state index is -5.02. The lowest BCUT2D eigenvalue weighted by atomic mass is 9.99. The molecule has 0 unspecified atom stereocenters. The lowest BCUT2D eigenvalue weighted by molar-refractivity contribution is -0.140. The van der Waals surface area contributed by atoms with Crippen molar-refractivity contribution in [1.29, 1.82) is 0 Å². The van der Waals surface area contributed by atoms with E-state index in [-0.39, 0.29) is 26.7 Å². The van der Waals surface area contributed by atoms with Crippen molar-refractivity contribution in [1.82, 2.24) is 0 Å². The highest BCUT2D eigenvalue weighted by molar-refractivity contribution is 6.53. The van der Waals surface area contributed by atoms with Crippen LogP contribution in [0.1, 0.15) is 80.1 Å². The van der Waals surface area contributed by atoms with Crippen LogP contribution in [-0.2, 0) is 26.9 Å². The van der Waals surface area contributed by atoms with E-state index in [1.807, 2.05) is 0 Å². The number of halogens is 9. The smallest absolute Gasteiger partial charge is 0.424 e. The molecule has 4 rings (SSSR count). The van der Waals surface area contributed by atoms with Crippen molar-refractivity contribution >= 4 is 70.1 Å². The van der Waals surface area contributed by atoms with Crippen LogP contribution < -0.4 is 10.2 Å². The van der Waals surface area contributed by atoms with E-state index in [4.69, 9.17) is 44.3 Å². The molecule has 1 fully saturated rings. The summed E-state index contributed by atoms with van der Waals surface area (Å²) in [5, 5.41) is 2.33. The standard InChI is InChI=1S/C36H33Cl3F6N2O6/c1-16-28(41)18(13-24(29(16)42)47(31(50)52-33(2,3)4)32(51)53-34(5,6)7)14-25(48)20-15-19(9-10-22(20)37)46-30(49)27-26(35(27,38)39)17-8-11-23(40)21(12-17)36(43,44)45/h8-13,15,26-27H,14H2,1-7H3,(H,46,49)/t26-,27+/m0/s1. The van der Waals surface area contributed by atoms with Gasteiger partial charge >= 0.3 is 18.4 Å². The molecular weight excluding hydrogens is 777 g/mol. The number of rotatable bonds is 7. The molecule has 53 heavy (non-hydrogen) atoms. The van der Waals surface area contributed by atoms with Crippen LogP contribution in [0.15, 0.2) is 42.5 Å². The Kier molecular flexibility index (Phi) is 11.6. The molecule has 286 valence electrons. The second kappa shape index (κ2) is 14.7. The molecule has 0 spiro atoms. The third-order valence-electron chi connectivity index (χ3n) is 7.75. The van der Waals surface area contributed by atoms with E-state index in [0.29, 0.717) is 12.1 Å². The molecule has 1 saturated carbocycles. The molecular formula is C36H33Cl3F6N2O6. The van der Waals surface area contributed by atoms with Crippen LogP contribution in [0.5, 0.6) is 0 Å². The summed E-state index contributed by atoms with van der Waals surface area (Å²) in [5.74, 6) is -8.13. The van der Waals surface area contributed by atoms with Gasteiger partial charge in [0.05, 0.1) is 22.2 Å². The van der Waals surface area contributed by atoms with Crippen LogP contribution in [0.2, 0.25) is 5.02 Å². The third kappa shape index (κ3) is 9.39. The van der Waals surface area contributed by atoms with Gasteiger partial charge in [-0.2, -0.15) is 18.1 Å². The average molecular weight is 810 g/mol. The topological polar surface area (TPSA) is 102 Å². The molecule has 3 amide bonds. The van der Waals surface area contributed by atoms with Crippen molar-refractivity contribution in [2.24, 2.45) is 5.92 Å². The molecule has 1 aliphatic carbocycles. The zero-order chi connectivity index (χ0) is 40.2. The van der Waals surface area contributed by atoms with Crippen molar-refractivity contribution in [3.8, 4) is 0 Å². The van der Waals surface area contributed by atoms with Gasteiger partial charge < -0.3 is 14.8 Å². The predicted octanol–water partition coefficient (Wildman–Crippen LogP) is 10.7. The number of Topliss-reactive ketones (excluding diaryl/α,β-unsaturated/α-hetero) is 1. The Hall–Kier alpha value is -4.01. The van der Waals surface area contributed by atoms with Crippen LogP contribution in [0.25, 0.3) is 0 Å². The van der Waals surface area contributed by atoms with Crippen LogP contribution in [0, 0.1) is 30.3 Å². The molecule has 2 atom stereocenters. The van der Waals surface area contributed by atoms with Crippen molar-refractivity contribution in [2.45, 2.75) is 82.5 Å². The first kappa shape index (κ1) is 41.7. The van der Waals surface area contributed by atoms with Crippen LogP contribution >= 0.6 is 34.8 Å². The Balaban J connectivity index is 1.63. The largest absolute Gasteiger partial charge is 0.443 e. The first-order valence-electron chi connectivity index (χ1n) is 15.8. The van der Waals surface area contributed by atoms with E-state index in [1.54, 1.807) is 0 Å². The molecule has 0 heterocycles. The summed E-state index contributed by atoms with van der Waals surface area (Å²) in [7, 11) is 0. The molecule has 0 radical (unpaired) electrons. The molecule has 8 nitrogen and oxygen atoms in total. The SMILES string of the molecule is Cc1c(F)c(CC(=O)c2cc(NC(=O)[C@H]3[C@H](c4ccc(F)c(C(F)(F)F)c4)C3(Cl)Cl)ccc2Cl)cc(N(C(=O)OC(C)(C)C)C(=O)OC(C)(C)C)c1F. The first-order valence-corrected chi connectivity index (χ1v) is 16.9. The number of amides is 3. The van der Waals surface area contributed by atoms with Gasteiger partial charge in [0.2, 0.25) is 5.91 Å². The van der Waals surface area contributed by atoms with Gasteiger partial charge in [-0.25, -0.2) is 22.8 Å². The van der Waals surface area contributed by atoms with Gasteiger partial charge in [-0.05, 0) is 96.0 Å². The van der Waals surface area contributed by atoms with Gasteiger partial charge in [0.1, 0.15) is 27.2 Å². The molecule has 3 aromatic rings. The number of ether oxygens (including phenoxy) is 2. The number of nitrogens with one attached hydrogen (secondary N) is 1. The van der Waals surface area contributed by atoms with Crippen LogP contribution in [0.4, 0.5) is 47.3 Å². The lowest BCUT2D eigenvalue weighted by Crippen LogP contribution is -2.44. The van der Waals surface area contributed by atoms with E-state index < -0.39 is 104 Å². The van der Waals surface area contributed by atoms with Crippen molar-refractivity contribution in [3.63, 3.8) is 0 Å². The maximum absolute atomic E-state index is 15.6. The van der Waals surface area contributed by atoms with Crippen LogP contribution in [-0.4, -0.2) is 39.4 Å². The zero-order valence-electron chi connectivity index (χ0n) is 29.2. The monoisotopic (exact) mass is 808 g/mol. The average Bonchev–Trinajstić information content (AvgIpc) is 3.58. The minimum absolute atomic E-state index is 0.0369. The highest BCUT2D eigenvalue weighted by Gasteiger charge is 2.67. The summed E-state index contributed by atoms with van der Waals surface area (Å²) < 4.78 is 93.6. The van der Waals surface area contributed by atoms with E-state index in [2.05, 4.69) is 5.32 Å². The summed E-state index contributed by atoms with van der Waals surface area (Å²) in [4.78, 5) is 53.4. The van der Waals surface area contributed by atoms with Gasteiger partial charge in [-0.15, -0.1) is 23.2 Å². The lowest BCUT2D eigenvalue weighted by Gasteiger charge is -2.29. The Morgan fingerprint density at radius 1 is 0.849 bits per heavy atom. The highest BCUT2D eigenvalue weighted by Crippen LogP contribution is 2.65. The number of anilines is 2. The fraction of sp³-hybridized carbons (Fsp3) is 0.389. The fourth-order valence-corrected chi connectivity index (χ4v) is 6.38. The third-order valence-corrected chi connectivity index (χ3v) is 9.02. The first-order chi connectivity index (χ1) is 24.1. The van der Waals surface area contributed by atoms with Crippen molar-refractivity contribution in [2.75, 3.05) is 10.2 Å². The van der Waals surface area contributed by atoms with E-state index in [1.165, 1.54) is 53.7 Å². The number of alkyl halides is 5. The number of nitrogens with zero attached hydrogens (tertiary/aromatic N) is 1.